The number of hydrogen-bond acceptors (Lipinski definition) is 0. The predicted molar refractivity (Wildman–Crippen MR) is 190 cm³/mol. The molecule has 0 amide bonds. The van der Waals surface area contributed by atoms with Crippen LogP contribution in [0.3, 0.4) is 0 Å². The van der Waals surface area contributed by atoms with Gasteiger partial charge in [0, 0.05) is 0 Å². The quantitative estimate of drug-likeness (QED) is 0.150. The first kappa shape index (κ1) is 24.8. The lowest BCUT2D eigenvalue weighted by molar-refractivity contribution is 1.63. The zero-order valence-corrected chi connectivity index (χ0v) is 24.2. The molecule has 0 aromatic heterocycles. The van der Waals surface area contributed by atoms with Crippen LogP contribution in [0.25, 0.3) is 87.2 Å². The van der Waals surface area contributed by atoms with Crippen LogP contribution in [0.2, 0.25) is 0 Å². The maximum atomic E-state index is 2.40. The lowest BCUT2D eigenvalue weighted by Gasteiger charge is -2.21. The molecule has 9 aromatic rings. The van der Waals surface area contributed by atoms with Crippen LogP contribution >= 0.6 is 0 Å². The molecule has 0 fully saturated rings. The maximum absolute atomic E-state index is 2.40. The van der Waals surface area contributed by atoms with Crippen molar-refractivity contribution in [2.75, 3.05) is 0 Å². The highest BCUT2D eigenvalue weighted by molar-refractivity contribution is 6.27. The Bertz CT molecular complexity index is 2480. The van der Waals surface area contributed by atoms with Gasteiger partial charge in [-0.2, -0.15) is 0 Å². The van der Waals surface area contributed by atoms with E-state index >= 15 is 0 Å². The minimum atomic E-state index is 1.23. The molecule has 0 aliphatic rings. The third-order valence-corrected chi connectivity index (χ3v) is 9.21. The van der Waals surface area contributed by atoms with E-state index in [-0.39, 0.29) is 0 Å². The molecule has 0 saturated carbocycles. The maximum Gasteiger partial charge on any atom is -0.00199 e. The van der Waals surface area contributed by atoms with E-state index in [4.69, 9.17) is 0 Å². The molecular formula is C44H28. The van der Waals surface area contributed by atoms with Crippen LogP contribution in [0.4, 0.5) is 0 Å². The predicted octanol–water partition coefficient (Wildman–Crippen LogP) is 12.5. The van der Waals surface area contributed by atoms with E-state index in [9.17, 15) is 0 Å². The molecule has 9 aromatic carbocycles. The van der Waals surface area contributed by atoms with Gasteiger partial charge in [0.25, 0.3) is 0 Å². The van der Waals surface area contributed by atoms with Crippen molar-refractivity contribution in [2.45, 2.75) is 0 Å². The van der Waals surface area contributed by atoms with Gasteiger partial charge in [-0.3, -0.25) is 0 Å². The first-order chi connectivity index (χ1) is 21.8. The summed E-state index contributed by atoms with van der Waals surface area (Å²) in [5.74, 6) is 0. The van der Waals surface area contributed by atoms with Gasteiger partial charge in [0.15, 0.2) is 0 Å². The van der Waals surface area contributed by atoms with E-state index in [1.54, 1.807) is 0 Å². The van der Waals surface area contributed by atoms with Crippen LogP contribution in [0.5, 0.6) is 0 Å². The summed E-state index contributed by atoms with van der Waals surface area (Å²) in [4.78, 5) is 0. The summed E-state index contributed by atoms with van der Waals surface area (Å²) in [6.07, 6.45) is 0. The molecule has 0 spiro atoms. The van der Waals surface area contributed by atoms with Crippen LogP contribution in [0, 0.1) is 0 Å². The van der Waals surface area contributed by atoms with Crippen molar-refractivity contribution in [1.29, 1.82) is 0 Å². The molecule has 0 nitrogen and oxygen atoms in total. The summed E-state index contributed by atoms with van der Waals surface area (Å²) >= 11 is 0. The Balaban J connectivity index is 1.46. The van der Waals surface area contributed by atoms with Gasteiger partial charge < -0.3 is 0 Å². The second kappa shape index (κ2) is 9.93. The molecule has 0 bridgehead atoms. The molecule has 0 heterocycles. The first-order valence-corrected chi connectivity index (χ1v) is 15.3. The summed E-state index contributed by atoms with van der Waals surface area (Å²) in [6.45, 7) is 0. The van der Waals surface area contributed by atoms with Gasteiger partial charge >= 0.3 is 0 Å². The molecule has 44 heavy (non-hydrogen) atoms. The van der Waals surface area contributed by atoms with E-state index in [0.29, 0.717) is 0 Å². The van der Waals surface area contributed by atoms with Crippen LogP contribution in [-0.4, -0.2) is 0 Å². The minimum absolute atomic E-state index is 1.23. The topological polar surface area (TPSA) is 0 Å². The van der Waals surface area contributed by atoms with E-state index in [1.807, 2.05) is 0 Å². The zero-order chi connectivity index (χ0) is 29.0. The molecule has 0 radical (unpaired) electrons. The van der Waals surface area contributed by atoms with Crippen molar-refractivity contribution in [1.82, 2.24) is 0 Å². The first-order valence-electron chi connectivity index (χ1n) is 15.3. The highest BCUT2D eigenvalue weighted by atomic mass is 14.2. The highest BCUT2D eigenvalue weighted by Crippen LogP contribution is 2.48. The standard InChI is InChI=1S/C44H28/c1-2-14-29(15-3-1)32-26-30-16-4-7-19-34(30)41(28-32)43-37-22-10-12-24-39(37)44(40-25-13-11-23-38(40)43)42-27-31-17-5-6-18-33(31)35-20-8-9-21-36(35)42/h1-28H. The Morgan fingerprint density at radius 2 is 0.636 bits per heavy atom. The van der Waals surface area contributed by atoms with Crippen molar-refractivity contribution in [3.63, 3.8) is 0 Å². The zero-order valence-electron chi connectivity index (χ0n) is 24.2. The van der Waals surface area contributed by atoms with Crippen molar-refractivity contribution in [2.24, 2.45) is 0 Å². The molecule has 0 unspecified atom stereocenters. The molecule has 0 aliphatic heterocycles. The number of fused-ring (bicyclic) bond motifs is 6. The minimum Gasteiger partial charge on any atom is -0.0622 e. The van der Waals surface area contributed by atoms with Crippen molar-refractivity contribution < 1.29 is 0 Å². The second-order valence-corrected chi connectivity index (χ2v) is 11.6. The Hall–Kier alpha value is -5.72. The van der Waals surface area contributed by atoms with Crippen LogP contribution in [0.1, 0.15) is 0 Å². The van der Waals surface area contributed by atoms with Gasteiger partial charge in [-0.05, 0) is 105 Å². The van der Waals surface area contributed by atoms with Crippen LogP contribution in [-0.2, 0) is 0 Å². The fourth-order valence-corrected chi connectivity index (χ4v) is 7.28. The van der Waals surface area contributed by atoms with Gasteiger partial charge in [-0.15, -0.1) is 0 Å². The fraction of sp³-hybridized carbons (Fsp3) is 0. The smallest absolute Gasteiger partial charge is 0.00199 e. The molecule has 0 atom stereocenters. The van der Waals surface area contributed by atoms with Crippen molar-refractivity contribution >= 4 is 53.9 Å². The Kier molecular flexibility index (Phi) is 5.61. The summed E-state index contributed by atoms with van der Waals surface area (Å²) in [5, 5.41) is 12.7. The Labute approximate surface area is 256 Å². The van der Waals surface area contributed by atoms with Gasteiger partial charge in [-0.1, -0.05) is 152 Å². The number of benzene rings is 9. The average molecular weight is 557 g/mol. The molecule has 204 valence electrons. The summed E-state index contributed by atoms with van der Waals surface area (Å²) in [6, 6.07) is 62.3. The van der Waals surface area contributed by atoms with E-state index < -0.39 is 0 Å². The highest BCUT2D eigenvalue weighted by Gasteiger charge is 2.20. The monoisotopic (exact) mass is 556 g/mol. The van der Waals surface area contributed by atoms with Gasteiger partial charge in [0.2, 0.25) is 0 Å². The summed E-state index contributed by atoms with van der Waals surface area (Å²) in [5.41, 5.74) is 7.60. The summed E-state index contributed by atoms with van der Waals surface area (Å²) < 4.78 is 0. The molecule has 9 rings (SSSR count). The summed E-state index contributed by atoms with van der Waals surface area (Å²) in [7, 11) is 0. The van der Waals surface area contributed by atoms with Gasteiger partial charge in [-0.25, -0.2) is 0 Å². The lowest BCUT2D eigenvalue weighted by Crippen LogP contribution is -1.93. The third kappa shape index (κ3) is 3.78. The lowest BCUT2D eigenvalue weighted by atomic mass is 9.82. The molecule has 0 aliphatic carbocycles. The fourth-order valence-electron chi connectivity index (χ4n) is 7.28. The average Bonchev–Trinajstić information content (AvgIpc) is 3.10. The number of hydrogen-bond donors (Lipinski definition) is 0. The Morgan fingerprint density at radius 3 is 1.23 bits per heavy atom. The van der Waals surface area contributed by atoms with E-state index in [1.165, 1.54) is 87.2 Å². The molecule has 0 saturated heterocycles. The third-order valence-electron chi connectivity index (χ3n) is 9.21. The molecule has 0 N–H and O–H groups in total. The second-order valence-electron chi connectivity index (χ2n) is 11.6. The van der Waals surface area contributed by atoms with Crippen LogP contribution in [0.15, 0.2) is 170 Å². The largest absolute Gasteiger partial charge is 0.0622 e. The van der Waals surface area contributed by atoms with E-state index in [0.717, 1.165) is 0 Å². The van der Waals surface area contributed by atoms with Crippen LogP contribution < -0.4 is 0 Å². The normalized spacial score (nSPS) is 11.6. The van der Waals surface area contributed by atoms with Gasteiger partial charge in [0.05, 0.1) is 0 Å². The molecule has 0 heteroatoms. The van der Waals surface area contributed by atoms with Crippen molar-refractivity contribution in [3.8, 4) is 33.4 Å². The SMILES string of the molecule is c1ccc(-c2cc(-c3c4ccccc4c(-c4cc5ccccc5c5ccccc45)c4ccccc34)c3ccccc3c2)cc1. The van der Waals surface area contributed by atoms with E-state index in [2.05, 4.69) is 170 Å². The number of rotatable bonds is 3. The molecular weight excluding hydrogens is 528 g/mol. The van der Waals surface area contributed by atoms with Gasteiger partial charge in [0.1, 0.15) is 0 Å². The van der Waals surface area contributed by atoms with Crippen molar-refractivity contribution in [3.05, 3.63) is 170 Å². The Morgan fingerprint density at radius 1 is 0.227 bits per heavy atom.